The second-order valence-electron chi connectivity index (χ2n) is 4.49. The van der Waals surface area contributed by atoms with E-state index in [1.165, 1.54) is 44.1 Å². The number of hydrogen-bond donors (Lipinski definition) is 0. The van der Waals surface area contributed by atoms with Gasteiger partial charge in [0.05, 0.1) is 0 Å². The van der Waals surface area contributed by atoms with E-state index in [2.05, 4.69) is 34.3 Å². The van der Waals surface area contributed by atoms with Gasteiger partial charge in [0, 0.05) is 0 Å². The smallest absolute Gasteiger partial charge is 0.0263 e. The van der Waals surface area contributed by atoms with Crippen LogP contribution >= 0.6 is 0 Å². The highest BCUT2D eigenvalue weighted by atomic mass is 14.3. The monoisotopic (exact) mass is 182 g/mol. The third kappa shape index (κ3) is 4.50. The predicted molar refractivity (Wildman–Crippen MR) is 62.0 cm³/mol. The molecule has 0 aromatic carbocycles. The Balaban J connectivity index is 4.33. The molecule has 78 valence electrons. The Bertz CT molecular complexity index is 138. The highest BCUT2D eigenvalue weighted by molar-refractivity contribution is 4.96. The molecule has 0 saturated carbocycles. The number of rotatable bonds is 7. The van der Waals surface area contributed by atoms with Gasteiger partial charge in [-0.25, -0.2) is 0 Å². The summed E-state index contributed by atoms with van der Waals surface area (Å²) in [4.78, 5) is 0. The van der Waals surface area contributed by atoms with Crippen LogP contribution in [0, 0.1) is 5.41 Å². The third-order valence-corrected chi connectivity index (χ3v) is 2.99. The van der Waals surface area contributed by atoms with E-state index in [0.29, 0.717) is 5.41 Å². The van der Waals surface area contributed by atoms with Crippen molar-refractivity contribution in [2.45, 2.75) is 66.2 Å². The van der Waals surface area contributed by atoms with Gasteiger partial charge in [0.1, 0.15) is 0 Å². The van der Waals surface area contributed by atoms with E-state index in [4.69, 9.17) is 0 Å². The molecule has 0 heterocycles. The van der Waals surface area contributed by atoms with E-state index in [1.54, 1.807) is 0 Å². The lowest BCUT2D eigenvalue weighted by atomic mass is 9.73. The molecule has 0 rings (SSSR count). The zero-order chi connectivity index (χ0) is 10.3. The van der Waals surface area contributed by atoms with Gasteiger partial charge in [0.15, 0.2) is 0 Å². The third-order valence-electron chi connectivity index (χ3n) is 2.99. The molecular weight excluding hydrogens is 156 g/mol. The summed E-state index contributed by atoms with van der Waals surface area (Å²) < 4.78 is 0. The first-order valence-corrected chi connectivity index (χ1v) is 5.74. The first-order chi connectivity index (χ1) is 6.10. The van der Waals surface area contributed by atoms with Gasteiger partial charge in [-0.05, 0) is 31.6 Å². The molecule has 0 radical (unpaired) electrons. The van der Waals surface area contributed by atoms with Gasteiger partial charge in [-0.2, -0.15) is 0 Å². The highest BCUT2D eigenvalue weighted by Crippen LogP contribution is 2.39. The van der Waals surface area contributed by atoms with Crippen LogP contribution in [0.3, 0.4) is 0 Å². The summed E-state index contributed by atoms with van der Waals surface area (Å²) in [6.45, 7) is 13.1. The van der Waals surface area contributed by atoms with Crippen molar-refractivity contribution >= 4 is 0 Å². The molecule has 0 spiro atoms. The Morgan fingerprint density at radius 1 is 1.08 bits per heavy atom. The summed E-state index contributed by atoms with van der Waals surface area (Å²) in [5, 5.41) is 0. The minimum atomic E-state index is 0.565. The van der Waals surface area contributed by atoms with Crippen molar-refractivity contribution < 1.29 is 0 Å². The maximum Gasteiger partial charge on any atom is -0.0263 e. The molecule has 0 aliphatic carbocycles. The van der Waals surface area contributed by atoms with Gasteiger partial charge in [-0.3, -0.25) is 0 Å². The first kappa shape index (κ1) is 12.7. The van der Waals surface area contributed by atoms with E-state index >= 15 is 0 Å². The van der Waals surface area contributed by atoms with Crippen molar-refractivity contribution in [1.29, 1.82) is 0 Å². The molecular formula is C13H26. The van der Waals surface area contributed by atoms with Crippen LogP contribution in [0.1, 0.15) is 66.2 Å². The molecule has 0 N–H and O–H groups in total. The van der Waals surface area contributed by atoms with E-state index in [1.807, 2.05) is 0 Å². The minimum absolute atomic E-state index is 0.565. The van der Waals surface area contributed by atoms with Crippen LogP contribution in [-0.4, -0.2) is 0 Å². The lowest BCUT2D eigenvalue weighted by molar-refractivity contribution is 0.221. The molecule has 0 aromatic heterocycles. The van der Waals surface area contributed by atoms with Gasteiger partial charge < -0.3 is 0 Å². The fourth-order valence-corrected chi connectivity index (χ4v) is 2.48. The fourth-order valence-electron chi connectivity index (χ4n) is 2.48. The fraction of sp³-hybridized carbons (Fsp3) is 0.846. The number of hydrogen-bond acceptors (Lipinski definition) is 0. The second kappa shape index (κ2) is 6.23. The van der Waals surface area contributed by atoms with Crippen molar-refractivity contribution in [3.05, 3.63) is 12.2 Å². The Kier molecular flexibility index (Phi) is 6.11. The molecule has 0 fully saturated rings. The van der Waals surface area contributed by atoms with Crippen LogP contribution in [0.15, 0.2) is 12.2 Å². The molecule has 0 saturated heterocycles. The Hall–Kier alpha value is -0.260. The Morgan fingerprint density at radius 3 is 1.77 bits per heavy atom. The summed E-state index contributed by atoms with van der Waals surface area (Å²) in [5.74, 6) is 0. The van der Waals surface area contributed by atoms with Crippen molar-refractivity contribution in [3.8, 4) is 0 Å². The topological polar surface area (TPSA) is 0 Å². The van der Waals surface area contributed by atoms with Crippen LogP contribution in [0.25, 0.3) is 0 Å². The van der Waals surface area contributed by atoms with Gasteiger partial charge in [0.25, 0.3) is 0 Å². The summed E-state index contributed by atoms with van der Waals surface area (Å²) >= 11 is 0. The quantitative estimate of drug-likeness (QED) is 0.489. The average Bonchev–Trinajstić information content (AvgIpc) is 2.04. The van der Waals surface area contributed by atoms with E-state index in [9.17, 15) is 0 Å². The molecule has 0 aliphatic heterocycles. The number of allylic oxidation sites excluding steroid dienone is 1. The molecule has 0 aromatic rings. The van der Waals surface area contributed by atoms with Gasteiger partial charge in [0.2, 0.25) is 0 Å². The van der Waals surface area contributed by atoms with Gasteiger partial charge in [-0.15, -0.1) is 6.58 Å². The lowest BCUT2D eigenvalue weighted by Gasteiger charge is -2.32. The normalized spacial score (nSPS) is 11.7. The zero-order valence-corrected chi connectivity index (χ0v) is 9.95. The van der Waals surface area contributed by atoms with Crippen molar-refractivity contribution in [2.75, 3.05) is 0 Å². The van der Waals surface area contributed by atoms with E-state index in [-0.39, 0.29) is 0 Å². The Labute approximate surface area is 84.4 Å². The summed E-state index contributed by atoms with van der Waals surface area (Å²) in [6.07, 6.45) is 7.88. The Morgan fingerprint density at radius 2 is 1.54 bits per heavy atom. The van der Waals surface area contributed by atoms with Crippen molar-refractivity contribution in [3.63, 3.8) is 0 Å². The van der Waals surface area contributed by atoms with Gasteiger partial charge in [-0.1, -0.05) is 45.6 Å². The average molecular weight is 182 g/mol. The van der Waals surface area contributed by atoms with E-state index in [0.717, 1.165) is 0 Å². The summed E-state index contributed by atoms with van der Waals surface area (Å²) in [7, 11) is 0. The van der Waals surface area contributed by atoms with E-state index < -0.39 is 0 Å². The van der Waals surface area contributed by atoms with Gasteiger partial charge >= 0.3 is 0 Å². The molecule has 0 bridgehead atoms. The molecule has 0 aliphatic rings. The van der Waals surface area contributed by atoms with Crippen molar-refractivity contribution in [1.82, 2.24) is 0 Å². The molecule has 0 heteroatoms. The highest BCUT2D eigenvalue weighted by Gasteiger charge is 2.25. The maximum atomic E-state index is 4.05. The van der Waals surface area contributed by atoms with Crippen LogP contribution in [-0.2, 0) is 0 Å². The maximum absolute atomic E-state index is 4.05. The van der Waals surface area contributed by atoms with Crippen LogP contribution < -0.4 is 0 Å². The SMILES string of the molecule is C=C(C)CC(CC)(CCC)CCC. The summed E-state index contributed by atoms with van der Waals surface area (Å²) in [5.41, 5.74) is 1.92. The molecule has 13 heavy (non-hydrogen) atoms. The minimum Gasteiger partial charge on any atom is -0.100 e. The van der Waals surface area contributed by atoms with Crippen LogP contribution in [0.4, 0.5) is 0 Å². The van der Waals surface area contributed by atoms with Crippen molar-refractivity contribution in [2.24, 2.45) is 5.41 Å². The standard InChI is InChI=1S/C13H26/c1-6-9-13(8-3,10-7-2)11-12(4)5/h4,6-11H2,1-3,5H3. The second-order valence-corrected chi connectivity index (χ2v) is 4.49. The first-order valence-electron chi connectivity index (χ1n) is 5.74. The van der Waals surface area contributed by atoms with Crippen LogP contribution in [0.5, 0.6) is 0 Å². The molecule has 0 amide bonds. The summed E-state index contributed by atoms with van der Waals surface area (Å²) in [6, 6.07) is 0. The van der Waals surface area contributed by atoms with Crippen LogP contribution in [0.2, 0.25) is 0 Å². The lowest BCUT2D eigenvalue weighted by Crippen LogP contribution is -2.19. The molecule has 0 unspecified atom stereocenters. The molecule has 0 nitrogen and oxygen atoms in total. The predicted octanol–water partition coefficient (Wildman–Crippen LogP) is 4.95. The zero-order valence-electron chi connectivity index (χ0n) is 9.95. The molecule has 0 atom stereocenters. The largest absolute Gasteiger partial charge is 0.100 e.